The summed E-state index contributed by atoms with van der Waals surface area (Å²) in [5, 5.41) is 14.0. The van der Waals surface area contributed by atoms with Crippen LogP contribution in [0.25, 0.3) is 0 Å². The highest BCUT2D eigenvalue weighted by atomic mass is 16.6. The molecule has 1 rings (SSSR count). The lowest BCUT2D eigenvalue weighted by Crippen LogP contribution is -2.12. The van der Waals surface area contributed by atoms with Crippen molar-refractivity contribution in [2.45, 2.75) is 33.7 Å². The van der Waals surface area contributed by atoms with Crippen molar-refractivity contribution >= 4 is 5.69 Å². The summed E-state index contributed by atoms with van der Waals surface area (Å²) in [7, 11) is 1.83. The molecule has 0 unspecified atom stereocenters. The molecule has 1 aromatic carbocycles. The first-order chi connectivity index (χ1) is 8.83. The Morgan fingerprint density at radius 1 is 1.37 bits per heavy atom. The smallest absolute Gasteiger partial charge is 0.310 e. The molecule has 0 aromatic heterocycles. The molecule has 0 bridgehead atoms. The van der Waals surface area contributed by atoms with E-state index in [1.807, 2.05) is 7.05 Å². The molecular weight excluding hydrogens is 244 g/mol. The lowest BCUT2D eigenvalue weighted by Gasteiger charge is -2.18. The number of hydrogen-bond donors (Lipinski definition) is 1. The molecule has 0 atom stereocenters. The summed E-state index contributed by atoms with van der Waals surface area (Å²) < 4.78 is 5.59. The lowest BCUT2D eigenvalue weighted by atomic mass is 9.93. The zero-order valence-corrected chi connectivity index (χ0v) is 12.0. The molecule has 1 N–H and O–H groups in total. The van der Waals surface area contributed by atoms with Gasteiger partial charge in [-0.05, 0) is 30.5 Å². The molecule has 19 heavy (non-hydrogen) atoms. The third-order valence-electron chi connectivity index (χ3n) is 2.71. The number of nitrogens with one attached hydrogen (secondary N) is 1. The Morgan fingerprint density at radius 3 is 2.58 bits per heavy atom. The molecule has 1 aromatic rings. The second-order valence-electron chi connectivity index (χ2n) is 5.75. The molecule has 0 amide bonds. The van der Waals surface area contributed by atoms with Crippen LogP contribution in [-0.2, 0) is 6.54 Å². The molecule has 0 aliphatic rings. The Hall–Kier alpha value is -1.62. The average Bonchev–Trinajstić information content (AvgIpc) is 2.27. The summed E-state index contributed by atoms with van der Waals surface area (Å²) in [5.74, 6) is 0.349. The van der Waals surface area contributed by atoms with Crippen LogP contribution in [0.5, 0.6) is 5.75 Å². The van der Waals surface area contributed by atoms with Crippen LogP contribution in [-0.4, -0.2) is 18.6 Å². The summed E-state index contributed by atoms with van der Waals surface area (Å²) in [6.07, 6.45) is 0.848. The second kappa shape index (κ2) is 6.52. The molecule has 0 spiro atoms. The quantitative estimate of drug-likeness (QED) is 0.634. The van der Waals surface area contributed by atoms with Crippen LogP contribution in [0.4, 0.5) is 5.69 Å². The minimum absolute atomic E-state index is 0.0220. The lowest BCUT2D eigenvalue weighted by molar-refractivity contribution is -0.385. The van der Waals surface area contributed by atoms with Crippen molar-refractivity contribution in [2.75, 3.05) is 13.7 Å². The zero-order valence-electron chi connectivity index (χ0n) is 12.0. The van der Waals surface area contributed by atoms with Crippen molar-refractivity contribution in [3.63, 3.8) is 0 Å². The average molecular weight is 266 g/mol. The van der Waals surface area contributed by atoms with Crippen molar-refractivity contribution in [1.82, 2.24) is 5.32 Å². The fraction of sp³-hybridized carbons (Fsp3) is 0.571. The van der Waals surface area contributed by atoms with Crippen molar-refractivity contribution in [1.29, 1.82) is 0 Å². The van der Waals surface area contributed by atoms with E-state index in [4.69, 9.17) is 4.74 Å². The van der Waals surface area contributed by atoms with Gasteiger partial charge in [-0.25, -0.2) is 0 Å². The van der Waals surface area contributed by atoms with E-state index in [1.54, 1.807) is 12.1 Å². The fourth-order valence-electron chi connectivity index (χ4n) is 1.61. The van der Waals surface area contributed by atoms with Crippen LogP contribution in [0, 0.1) is 15.5 Å². The predicted molar refractivity (Wildman–Crippen MR) is 75.4 cm³/mol. The van der Waals surface area contributed by atoms with E-state index in [1.165, 1.54) is 6.07 Å². The largest absolute Gasteiger partial charge is 0.487 e. The molecule has 106 valence electrons. The summed E-state index contributed by atoms with van der Waals surface area (Å²) in [6, 6.07) is 4.97. The number of rotatable bonds is 6. The summed E-state index contributed by atoms with van der Waals surface area (Å²) in [4.78, 5) is 10.6. The standard InChI is InChI=1S/C14H22N2O3/c1-14(2,3)7-8-19-13-9-11(10-15-4)5-6-12(13)16(17)18/h5-6,9,15H,7-8,10H2,1-4H3. The van der Waals surface area contributed by atoms with Crippen molar-refractivity contribution in [3.05, 3.63) is 33.9 Å². The molecule has 0 aliphatic carbocycles. The fourth-order valence-corrected chi connectivity index (χ4v) is 1.61. The molecule has 0 radical (unpaired) electrons. The van der Waals surface area contributed by atoms with E-state index in [9.17, 15) is 10.1 Å². The number of benzene rings is 1. The Kier molecular flexibility index (Phi) is 5.30. The first kappa shape index (κ1) is 15.4. The number of ether oxygens (including phenoxy) is 1. The minimum Gasteiger partial charge on any atom is -0.487 e. The summed E-state index contributed by atoms with van der Waals surface area (Å²) in [5.41, 5.74) is 1.14. The van der Waals surface area contributed by atoms with E-state index < -0.39 is 4.92 Å². The number of nitrogens with zero attached hydrogens (tertiary/aromatic N) is 1. The first-order valence-electron chi connectivity index (χ1n) is 6.38. The summed E-state index contributed by atoms with van der Waals surface area (Å²) in [6.45, 7) is 7.48. The number of hydrogen-bond acceptors (Lipinski definition) is 4. The van der Waals surface area contributed by atoms with Crippen LogP contribution in [0.3, 0.4) is 0 Å². The molecular formula is C14H22N2O3. The van der Waals surface area contributed by atoms with Gasteiger partial charge < -0.3 is 10.1 Å². The highest BCUT2D eigenvalue weighted by Crippen LogP contribution is 2.29. The van der Waals surface area contributed by atoms with Gasteiger partial charge in [0.1, 0.15) is 0 Å². The molecule has 0 fully saturated rings. The van der Waals surface area contributed by atoms with Gasteiger partial charge in [0.05, 0.1) is 11.5 Å². The van der Waals surface area contributed by atoms with Crippen LogP contribution in [0.1, 0.15) is 32.8 Å². The maximum atomic E-state index is 11.0. The van der Waals surface area contributed by atoms with Crippen LogP contribution < -0.4 is 10.1 Å². The van der Waals surface area contributed by atoms with Gasteiger partial charge in [-0.3, -0.25) is 10.1 Å². The van der Waals surface area contributed by atoms with Crippen molar-refractivity contribution in [2.24, 2.45) is 5.41 Å². The molecule has 5 nitrogen and oxygen atoms in total. The van der Waals surface area contributed by atoms with Gasteiger partial charge in [-0.15, -0.1) is 0 Å². The molecule has 0 aliphatic heterocycles. The van der Waals surface area contributed by atoms with E-state index in [-0.39, 0.29) is 11.1 Å². The van der Waals surface area contributed by atoms with Gasteiger partial charge in [0.2, 0.25) is 0 Å². The van der Waals surface area contributed by atoms with Gasteiger partial charge in [0, 0.05) is 12.6 Å². The number of nitro benzene ring substituents is 1. The molecule has 5 heteroatoms. The number of nitro groups is 1. The minimum atomic E-state index is -0.407. The monoisotopic (exact) mass is 266 g/mol. The van der Waals surface area contributed by atoms with Crippen LogP contribution in [0.2, 0.25) is 0 Å². The third kappa shape index (κ3) is 5.26. The molecule has 0 saturated carbocycles. The van der Waals surface area contributed by atoms with Crippen molar-refractivity contribution in [3.8, 4) is 5.75 Å². The van der Waals surface area contributed by atoms with E-state index in [0.717, 1.165) is 12.0 Å². The van der Waals surface area contributed by atoms with E-state index in [2.05, 4.69) is 26.1 Å². The van der Waals surface area contributed by atoms with Gasteiger partial charge in [-0.1, -0.05) is 26.8 Å². The maximum Gasteiger partial charge on any atom is 0.310 e. The SMILES string of the molecule is CNCc1ccc([N+](=O)[O-])c(OCCC(C)(C)C)c1. The highest BCUT2D eigenvalue weighted by molar-refractivity contribution is 5.48. The molecule has 0 heterocycles. The van der Waals surface area contributed by atoms with Gasteiger partial charge in [0.15, 0.2) is 5.75 Å². The predicted octanol–water partition coefficient (Wildman–Crippen LogP) is 3.13. The summed E-state index contributed by atoms with van der Waals surface area (Å²) >= 11 is 0. The van der Waals surface area contributed by atoms with Gasteiger partial charge in [0.25, 0.3) is 0 Å². The first-order valence-corrected chi connectivity index (χ1v) is 6.38. The van der Waals surface area contributed by atoms with Gasteiger partial charge in [-0.2, -0.15) is 0 Å². The van der Waals surface area contributed by atoms with Crippen LogP contribution in [0.15, 0.2) is 18.2 Å². The molecule has 0 saturated heterocycles. The Balaban J connectivity index is 2.82. The zero-order chi connectivity index (χ0) is 14.5. The van der Waals surface area contributed by atoms with Crippen molar-refractivity contribution < 1.29 is 9.66 Å². The van der Waals surface area contributed by atoms with Gasteiger partial charge >= 0.3 is 5.69 Å². The Labute approximate surface area is 114 Å². The van der Waals surface area contributed by atoms with Crippen LogP contribution >= 0.6 is 0 Å². The Bertz CT molecular complexity index is 439. The van der Waals surface area contributed by atoms with E-state index >= 15 is 0 Å². The van der Waals surface area contributed by atoms with E-state index in [0.29, 0.717) is 18.9 Å². The maximum absolute atomic E-state index is 11.0. The third-order valence-corrected chi connectivity index (χ3v) is 2.71. The second-order valence-corrected chi connectivity index (χ2v) is 5.75. The Morgan fingerprint density at radius 2 is 2.05 bits per heavy atom. The topological polar surface area (TPSA) is 64.4 Å². The highest BCUT2D eigenvalue weighted by Gasteiger charge is 2.17. The normalized spacial score (nSPS) is 11.4.